The third-order valence-corrected chi connectivity index (χ3v) is 2.39. The number of amides is 1. The number of hydrogen-bond acceptors (Lipinski definition) is 1. The third kappa shape index (κ3) is 8.90. The summed E-state index contributed by atoms with van der Waals surface area (Å²) in [6.45, 7) is 10.3. The number of aromatic nitrogens is 1. The zero-order valence-electron chi connectivity index (χ0n) is 14.8. The molecule has 0 radical (unpaired) electrons. The Morgan fingerprint density at radius 2 is 1.59 bits per heavy atom. The molecule has 0 unspecified atom stereocenters. The minimum absolute atomic E-state index is 0. The average Bonchev–Trinajstić information content (AvgIpc) is 2.52. The summed E-state index contributed by atoms with van der Waals surface area (Å²) < 4.78 is 2.04. The van der Waals surface area contributed by atoms with Gasteiger partial charge in [-0.1, -0.05) is 58.0 Å². The molecule has 2 aromatic rings. The maximum Gasteiger partial charge on any atom is 0.221 e. The number of carbonyl (C=O) groups excluding carboxylic acids is 1. The van der Waals surface area contributed by atoms with Gasteiger partial charge < -0.3 is 12.7 Å². The molecular formula is C19H30N2O. The van der Waals surface area contributed by atoms with Crippen LogP contribution in [0.15, 0.2) is 54.9 Å². The second-order valence-corrected chi connectivity index (χ2v) is 3.93. The molecule has 3 nitrogen and oxygen atoms in total. The molecule has 22 heavy (non-hydrogen) atoms. The molecule has 0 aliphatic rings. The standard InChI is InChI=1S/C14H14N2O.2C2H6.CH3/c1-12(17)15-14-8-5-9-16(11-14)10-13-6-3-2-4-7-13;2*1-2;/h2-9,11H,10H2,1H3;2*1-2H3;1H3/q;;;-1/p+1. The highest BCUT2D eigenvalue weighted by Gasteiger charge is 2.04. The van der Waals surface area contributed by atoms with Crippen LogP contribution in [0.25, 0.3) is 0 Å². The van der Waals surface area contributed by atoms with E-state index in [1.165, 1.54) is 12.5 Å². The van der Waals surface area contributed by atoms with Crippen molar-refractivity contribution in [3.8, 4) is 0 Å². The van der Waals surface area contributed by atoms with Crippen molar-refractivity contribution in [1.82, 2.24) is 0 Å². The number of nitrogens with one attached hydrogen (secondary N) is 1. The minimum atomic E-state index is -0.0533. The second kappa shape index (κ2) is 13.8. The summed E-state index contributed by atoms with van der Waals surface area (Å²) in [5.74, 6) is -0.0533. The molecule has 0 saturated carbocycles. The van der Waals surface area contributed by atoms with Crippen molar-refractivity contribution >= 4 is 11.6 Å². The van der Waals surface area contributed by atoms with E-state index in [4.69, 9.17) is 0 Å². The van der Waals surface area contributed by atoms with E-state index in [9.17, 15) is 4.79 Å². The molecule has 1 heterocycles. The van der Waals surface area contributed by atoms with Crippen LogP contribution in [0.3, 0.4) is 0 Å². The van der Waals surface area contributed by atoms with Gasteiger partial charge in [-0.2, -0.15) is 4.57 Å². The number of anilines is 1. The fraction of sp³-hybridized carbons (Fsp3) is 0.316. The topological polar surface area (TPSA) is 33.0 Å². The molecule has 0 aliphatic heterocycles. The van der Waals surface area contributed by atoms with E-state index in [0.29, 0.717) is 0 Å². The van der Waals surface area contributed by atoms with Gasteiger partial charge >= 0.3 is 0 Å². The predicted molar refractivity (Wildman–Crippen MR) is 95.6 cm³/mol. The van der Waals surface area contributed by atoms with Crippen LogP contribution in [0.5, 0.6) is 0 Å². The van der Waals surface area contributed by atoms with Crippen LogP contribution < -0.4 is 9.88 Å². The van der Waals surface area contributed by atoms with Gasteiger partial charge in [-0.15, -0.1) is 0 Å². The summed E-state index contributed by atoms with van der Waals surface area (Å²) in [5, 5.41) is 2.77. The molecular weight excluding hydrogens is 272 g/mol. The first kappa shape index (κ1) is 22.1. The molecule has 0 fully saturated rings. The Bertz CT molecular complexity index is 510. The Morgan fingerprint density at radius 1 is 1.00 bits per heavy atom. The van der Waals surface area contributed by atoms with Gasteiger partial charge in [0, 0.05) is 18.6 Å². The van der Waals surface area contributed by atoms with Crippen LogP contribution in [-0.4, -0.2) is 5.91 Å². The maximum absolute atomic E-state index is 11.0. The largest absolute Gasteiger partial charge is 0.358 e. The number of benzene rings is 1. The van der Waals surface area contributed by atoms with Crippen LogP contribution >= 0.6 is 0 Å². The molecule has 1 aromatic heterocycles. The molecule has 1 amide bonds. The Balaban J connectivity index is 0. The maximum atomic E-state index is 11.0. The summed E-state index contributed by atoms with van der Waals surface area (Å²) in [6, 6.07) is 14.0. The lowest BCUT2D eigenvalue weighted by Crippen LogP contribution is -2.33. The van der Waals surface area contributed by atoms with Crippen LogP contribution in [0, 0.1) is 7.43 Å². The SMILES string of the molecule is CC.CC.CC(=O)Nc1ccc[n+](Cc2ccccc2)c1.[CH3-]. The fourth-order valence-corrected chi connectivity index (χ4v) is 1.69. The molecule has 0 bridgehead atoms. The Morgan fingerprint density at radius 3 is 2.14 bits per heavy atom. The Kier molecular flexibility index (Phi) is 13.9. The van der Waals surface area contributed by atoms with E-state index in [-0.39, 0.29) is 13.3 Å². The smallest absolute Gasteiger partial charge is 0.221 e. The highest BCUT2D eigenvalue weighted by atomic mass is 16.1. The molecule has 3 heteroatoms. The molecule has 122 valence electrons. The first-order valence-electron chi connectivity index (χ1n) is 7.55. The monoisotopic (exact) mass is 302 g/mol. The van der Waals surface area contributed by atoms with Gasteiger partial charge in [0.15, 0.2) is 18.9 Å². The van der Waals surface area contributed by atoms with Crippen LogP contribution in [0.2, 0.25) is 0 Å². The van der Waals surface area contributed by atoms with E-state index in [1.54, 1.807) is 0 Å². The molecule has 0 atom stereocenters. The van der Waals surface area contributed by atoms with E-state index in [1.807, 2.05) is 75.0 Å². The van der Waals surface area contributed by atoms with Gasteiger partial charge in [0.25, 0.3) is 0 Å². The predicted octanol–water partition coefficient (Wildman–Crippen LogP) is 4.48. The van der Waals surface area contributed by atoms with Crippen molar-refractivity contribution in [2.45, 2.75) is 41.2 Å². The third-order valence-electron chi connectivity index (χ3n) is 2.39. The van der Waals surface area contributed by atoms with E-state index in [0.717, 1.165) is 12.2 Å². The van der Waals surface area contributed by atoms with Gasteiger partial charge in [0.1, 0.15) is 5.69 Å². The van der Waals surface area contributed by atoms with Crippen molar-refractivity contribution in [1.29, 1.82) is 0 Å². The Hall–Kier alpha value is -2.16. The highest BCUT2D eigenvalue weighted by molar-refractivity contribution is 5.88. The molecule has 2 rings (SSSR count). The normalized spacial score (nSPS) is 8.23. The number of hydrogen-bond donors (Lipinski definition) is 1. The Labute approximate surface area is 136 Å². The molecule has 0 aliphatic carbocycles. The van der Waals surface area contributed by atoms with Crippen LogP contribution in [0.1, 0.15) is 40.2 Å². The summed E-state index contributed by atoms with van der Waals surface area (Å²) in [5.41, 5.74) is 2.05. The van der Waals surface area contributed by atoms with Crippen molar-refractivity contribution in [3.05, 3.63) is 67.8 Å². The van der Waals surface area contributed by atoms with Gasteiger partial charge in [-0.3, -0.25) is 4.79 Å². The fourth-order valence-electron chi connectivity index (χ4n) is 1.69. The lowest BCUT2D eigenvalue weighted by atomic mass is 10.2. The summed E-state index contributed by atoms with van der Waals surface area (Å²) in [4.78, 5) is 11.0. The van der Waals surface area contributed by atoms with Gasteiger partial charge in [-0.25, -0.2) is 0 Å². The van der Waals surface area contributed by atoms with Crippen molar-refractivity contribution in [2.24, 2.45) is 0 Å². The van der Waals surface area contributed by atoms with Crippen LogP contribution in [-0.2, 0) is 11.3 Å². The summed E-state index contributed by atoms with van der Waals surface area (Å²) in [6.07, 6.45) is 3.91. The van der Waals surface area contributed by atoms with E-state index in [2.05, 4.69) is 17.4 Å². The number of carbonyl (C=O) groups is 1. The highest BCUT2D eigenvalue weighted by Crippen LogP contribution is 2.03. The summed E-state index contributed by atoms with van der Waals surface area (Å²) >= 11 is 0. The zero-order chi connectivity index (χ0) is 16.1. The van der Waals surface area contributed by atoms with Gasteiger partial charge in [0.2, 0.25) is 5.91 Å². The lowest BCUT2D eigenvalue weighted by molar-refractivity contribution is -0.687. The van der Waals surface area contributed by atoms with Crippen molar-refractivity contribution in [2.75, 3.05) is 5.32 Å². The first-order chi connectivity index (χ1) is 10.2. The van der Waals surface area contributed by atoms with E-state index < -0.39 is 0 Å². The van der Waals surface area contributed by atoms with Crippen LogP contribution in [0.4, 0.5) is 5.69 Å². The molecule has 0 spiro atoms. The number of pyridine rings is 1. The van der Waals surface area contributed by atoms with E-state index >= 15 is 0 Å². The zero-order valence-corrected chi connectivity index (χ0v) is 14.8. The second-order valence-electron chi connectivity index (χ2n) is 3.93. The molecule has 1 N–H and O–H groups in total. The lowest BCUT2D eigenvalue weighted by Gasteiger charge is -2.01. The minimum Gasteiger partial charge on any atom is -0.358 e. The number of nitrogens with zero attached hydrogens (tertiary/aromatic N) is 1. The molecule has 1 aromatic carbocycles. The average molecular weight is 302 g/mol. The van der Waals surface area contributed by atoms with Crippen molar-refractivity contribution < 1.29 is 9.36 Å². The quantitative estimate of drug-likeness (QED) is 0.658. The summed E-state index contributed by atoms with van der Waals surface area (Å²) in [7, 11) is 0. The number of rotatable bonds is 3. The van der Waals surface area contributed by atoms with Crippen molar-refractivity contribution in [3.63, 3.8) is 0 Å². The molecule has 0 saturated heterocycles. The van der Waals surface area contributed by atoms with Gasteiger partial charge in [0.05, 0.1) is 0 Å². The first-order valence-corrected chi connectivity index (χ1v) is 7.55. The van der Waals surface area contributed by atoms with Gasteiger partial charge in [-0.05, 0) is 6.07 Å².